The van der Waals surface area contributed by atoms with Gasteiger partial charge in [0.1, 0.15) is 4.90 Å². The minimum atomic E-state index is -3.54. The van der Waals surface area contributed by atoms with Crippen LogP contribution < -0.4 is 4.72 Å². The van der Waals surface area contributed by atoms with Crippen LogP contribution in [0.5, 0.6) is 0 Å². The maximum absolute atomic E-state index is 12.4. The number of sulfonamides is 1. The average Bonchev–Trinajstić information content (AvgIpc) is 2.76. The molecule has 5 nitrogen and oxygen atoms in total. The quantitative estimate of drug-likeness (QED) is 0.832. The van der Waals surface area contributed by atoms with Gasteiger partial charge in [-0.3, -0.25) is 0 Å². The highest BCUT2D eigenvalue weighted by Gasteiger charge is 2.28. The van der Waals surface area contributed by atoms with E-state index in [4.69, 9.17) is 5.11 Å². The van der Waals surface area contributed by atoms with Crippen LogP contribution in [-0.2, 0) is 16.6 Å². The van der Waals surface area contributed by atoms with Gasteiger partial charge < -0.3 is 10.0 Å². The molecule has 0 aromatic carbocycles. The van der Waals surface area contributed by atoms with Crippen molar-refractivity contribution in [1.82, 2.24) is 9.62 Å². The van der Waals surface area contributed by atoms with Crippen molar-refractivity contribution < 1.29 is 13.5 Å². The summed E-state index contributed by atoms with van der Waals surface area (Å²) in [6.07, 6.45) is 1.62. The number of piperidine rings is 1. The highest BCUT2D eigenvalue weighted by molar-refractivity contribution is 9.11. The molecule has 0 bridgehead atoms. The van der Waals surface area contributed by atoms with Gasteiger partial charge in [-0.1, -0.05) is 0 Å². The lowest BCUT2D eigenvalue weighted by Crippen LogP contribution is -2.47. The second-order valence-corrected chi connectivity index (χ2v) is 9.32. The fourth-order valence-corrected chi connectivity index (χ4v) is 6.16. The zero-order chi connectivity index (χ0) is 14.9. The monoisotopic (exact) mass is 382 g/mol. The van der Waals surface area contributed by atoms with Crippen LogP contribution in [0.2, 0.25) is 0 Å². The second-order valence-electron chi connectivity index (χ2n) is 5.18. The summed E-state index contributed by atoms with van der Waals surface area (Å²) in [6.45, 7) is 2.84. The molecule has 0 amide bonds. The Morgan fingerprint density at radius 3 is 2.85 bits per heavy atom. The maximum Gasteiger partial charge on any atom is 0.242 e. The van der Waals surface area contributed by atoms with Gasteiger partial charge in [-0.15, -0.1) is 11.3 Å². The number of hydrogen-bond acceptors (Lipinski definition) is 5. The molecular weight excluding hydrogens is 364 g/mol. The van der Waals surface area contributed by atoms with Gasteiger partial charge in [0.15, 0.2) is 0 Å². The van der Waals surface area contributed by atoms with E-state index < -0.39 is 10.0 Å². The lowest BCUT2D eigenvalue weighted by Gasteiger charge is -2.35. The largest absolute Gasteiger partial charge is 0.391 e. The number of halogens is 1. The highest BCUT2D eigenvalue weighted by atomic mass is 79.9. The standard InChI is InChI=1S/C12H19BrN2O3S2/c1-8-5-9(3-4-15(8)2)14-20(17,18)11-6-10(7-16)19-12(11)13/h6,8-9,14,16H,3-5,7H2,1-2H3. The van der Waals surface area contributed by atoms with Crippen molar-refractivity contribution in [2.75, 3.05) is 13.6 Å². The van der Waals surface area contributed by atoms with Gasteiger partial charge in [0.2, 0.25) is 10.0 Å². The lowest BCUT2D eigenvalue weighted by molar-refractivity contribution is 0.178. The molecule has 2 N–H and O–H groups in total. The van der Waals surface area contributed by atoms with Crippen LogP contribution >= 0.6 is 27.3 Å². The van der Waals surface area contributed by atoms with Gasteiger partial charge in [0.05, 0.1) is 10.4 Å². The predicted molar refractivity (Wildman–Crippen MR) is 83.4 cm³/mol. The first-order valence-electron chi connectivity index (χ1n) is 6.45. The Kier molecular flexibility index (Phi) is 5.25. The Hall–Kier alpha value is 0.01000. The zero-order valence-electron chi connectivity index (χ0n) is 11.5. The number of nitrogens with one attached hydrogen (secondary N) is 1. The third kappa shape index (κ3) is 3.61. The van der Waals surface area contributed by atoms with Gasteiger partial charge in [-0.05, 0) is 55.4 Å². The van der Waals surface area contributed by atoms with E-state index in [1.165, 1.54) is 17.4 Å². The molecular formula is C12H19BrN2O3S2. The summed E-state index contributed by atoms with van der Waals surface area (Å²) in [6, 6.07) is 1.86. The van der Waals surface area contributed by atoms with E-state index in [0.29, 0.717) is 14.7 Å². The fraction of sp³-hybridized carbons (Fsp3) is 0.667. The SMILES string of the molecule is CC1CC(NS(=O)(=O)c2cc(CO)sc2Br)CCN1C. The minimum Gasteiger partial charge on any atom is -0.391 e. The van der Waals surface area contributed by atoms with Crippen molar-refractivity contribution in [1.29, 1.82) is 0 Å². The number of rotatable bonds is 4. The van der Waals surface area contributed by atoms with Gasteiger partial charge in [0, 0.05) is 17.0 Å². The van der Waals surface area contributed by atoms with Crippen molar-refractivity contribution in [3.05, 3.63) is 14.7 Å². The Morgan fingerprint density at radius 1 is 1.60 bits per heavy atom. The lowest BCUT2D eigenvalue weighted by atomic mass is 10.0. The smallest absolute Gasteiger partial charge is 0.242 e. The number of hydrogen-bond donors (Lipinski definition) is 2. The molecule has 2 unspecified atom stereocenters. The van der Waals surface area contributed by atoms with Gasteiger partial charge >= 0.3 is 0 Å². The summed E-state index contributed by atoms with van der Waals surface area (Å²) < 4.78 is 28.1. The normalized spacial score (nSPS) is 25.0. The van der Waals surface area contributed by atoms with Crippen LogP contribution in [0, 0.1) is 0 Å². The Bertz CT molecular complexity index is 573. The molecule has 0 saturated carbocycles. The van der Waals surface area contributed by atoms with Gasteiger partial charge in [-0.25, -0.2) is 13.1 Å². The molecule has 20 heavy (non-hydrogen) atoms. The average molecular weight is 383 g/mol. The molecule has 2 atom stereocenters. The number of thiophene rings is 1. The molecule has 8 heteroatoms. The fourth-order valence-electron chi connectivity index (χ4n) is 2.34. The number of aliphatic hydroxyl groups is 1. The van der Waals surface area contributed by atoms with E-state index in [-0.39, 0.29) is 17.5 Å². The molecule has 1 saturated heterocycles. The van der Waals surface area contributed by atoms with Crippen molar-refractivity contribution >= 4 is 37.3 Å². The Morgan fingerprint density at radius 2 is 2.30 bits per heavy atom. The Balaban J connectivity index is 2.13. The molecule has 114 valence electrons. The molecule has 1 aromatic rings. The molecule has 0 aliphatic carbocycles. The Labute approximate surface area is 132 Å². The van der Waals surface area contributed by atoms with Crippen molar-refractivity contribution in [3.63, 3.8) is 0 Å². The second kappa shape index (κ2) is 6.41. The summed E-state index contributed by atoms with van der Waals surface area (Å²) in [5.41, 5.74) is 0. The van der Waals surface area contributed by atoms with E-state index in [0.717, 1.165) is 19.4 Å². The summed E-state index contributed by atoms with van der Waals surface area (Å²) in [5, 5.41) is 9.10. The molecule has 2 heterocycles. The third-order valence-corrected chi connectivity index (χ3v) is 7.44. The summed E-state index contributed by atoms with van der Waals surface area (Å²) in [7, 11) is -1.48. The zero-order valence-corrected chi connectivity index (χ0v) is 14.7. The van der Waals surface area contributed by atoms with Crippen LogP contribution in [0.4, 0.5) is 0 Å². The van der Waals surface area contributed by atoms with Crippen molar-refractivity contribution in [2.24, 2.45) is 0 Å². The summed E-state index contributed by atoms with van der Waals surface area (Å²) in [5.74, 6) is 0. The van der Waals surface area contributed by atoms with Crippen LogP contribution in [0.3, 0.4) is 0 Å². The summed E-state index contributed by atoms with van der Waals surface area (Å²) in [4.78, 5) is 3.09. The molecule has 0 spiro atoms. The molecule has 0 radical (unpaired) electrons. The van der Waals surface area contributed by atoms with Gasteiger partial charge in [-0.2, -0.15) is 0 Å². The number of nitrogens with zero attached hydrogens (tertiary/aromatic N) is 1. The first-order valence-corrected chi connectivity index (χ1v) is 9.54. The van der Waals surface area contributed by atoms with E-state index in [9.17, 15) is 8.42 Å². The van der Waals surface area contributed by atoms with Gasteiger partial charge in [0.25, 0.3) is 0 Å². The van der Waals surface area contributed by atoms with E-state index in [1.807, 2.05) is 0 Å². The molecule has 1 fully saturated rings. The third-order valence-electron chi connectivity index (χ3n) is 3.68. The van der Waals surface area contributed by atoms with E-state index in [1.54, 1.807) is 0 Å². The van der Waals surface area contributed by atoms with Crippen molar-refractivity contribution in [3.8, 4) is 0 Å². The molecule has 2 rings (SSSR count). The maximum atomic E-state index is 12.4. The topological polar surface area (TPSA) is 69.6 Å². The van der Waals surface area contributed by atoms with Crippen LogP contribution in [0.1, 0.15) is 24.6 Å². The summed E-state index contributed by atoms with van der Waals surface area (Å²) >= 11 is 4.50. The van der Waals surface area contributed by atoms with Crippen LogP contribution in [0.15, 0.2) is 14.7 Å². The molecule has 1 aromatic heterocycles. The molecule has 1 aliphatic heterocycles. The first-order chi connectivity index (χ1) is 9.33. The highest BCUT2D eigenvalue weighted by Crippen LogP contribution is 2.32. The number of likely N-dealkylation sites (tertiary alicyclic amines) is 1. The van der Waals surface area contributed by atoms with Crippen molar-refractivity contribution in [2.45, 2.75) is 43.4 Å². The van der Waals surface area contributed by atoms with E-state index in [2.05, 4.69) is 39.5 Å². The van der Waals surface area contributed by atoms with Crippen LogP contribution in [-0.4, -0.2) is 44.1 Å². The first kappa shape index (κ1) is 16.4. The number of aliphatic hydroxyl groups excluding tert-OH is 1. The minimum absolute atomic E-state index is 0.0319. The van der Waals surface area contributed by atoms with E-state index >= 15 is 0 Å². The molecule has 1 aliphatic rings. The van der Waals surface area contributed by atoms with Crippen LogP contribution in [0.25, 0.3) is 0 Å². The predicted octanol–water partition coefficient (Wildman–Crippen LogP) is 1.76.